The Hall–Kier alpha value is -2.61. The summed E-state index contributed by atoms with van der Waals surface area (Å²) in [6.45, 7) is -0.348. The summed E-state index contributed by atoms with van der Waals surface area (Å²) in [5.41, 5.74) is 5.58. The van der Waals surface area contributed by atoms with Crippen LogP contribution in [0.25, 0.3) is 0 Å². The number of urea groups is 1. The standard InChI is InChI=1S/C12H15N3O5/c13-12(20)14-8-3-1-7(2-4-8)10(17)15-9(5-6-16)11(18)19/h1-4,9,16H,5-6H2,(H,15,17)(H,18,19)(H3,13,14,20). The van der Waals surface area contributed by atoms with Crippen LogP contribution in [0.5, 0.6) is 0 Å². The summed E-state index contributed by atoms with van der Waals surface area (Å²) >= 11 is 0. The number of hydrogen-bond acceptors (Lipinski definition) is 4. The maximum atomic E-state index is 11.8. The van der Waals surface area contributed by atoms with Crippen LogP contribution < -0.4 is 16.4 Å². The van der Waals surface area contributed by atoms with Crippen LogP contribution in [0.3, 0.4) is 0 Å². The van der Waals surface area contributed by atoms with Crippen molar-refractivity contribution in [3.63, 3.8) is 0 Å². The third-order valence-corrected chi connectivity index (χ3v) is 2.44. The third-order valence-electron chi connectivity index (χ3n) is 2.44. The molecule has 1 aromatic carbocycles. The van der Waals surface area contributed by atoms with Gasteiger partial charge in [-0.3, -0.25) is 4.79 Å². The van der Waals surface area contributed by atoms with Gasteiger partial charge in [-0.25, -0.2) is 9.59 Å². The first-order chi connectivity index (χ1) is 9.43. The fourth-order valence-corrected chi connectivity index (χ4v) is 1.48. The zero-order chi connectivity index (χ0) is 15.1. The quantitative estimate of drug-likeness (QED) is 0.488. The number of aliphatic hydroxyl groups is 1. The van der Waals surface area contributed by atoms with Crippen LogP contribution in [-0.4, -0.2) is 40.8 Å². The molecule has 0 aromatic heterocycles. The summed E-state index contributed by atoms with van der Waals surface area (Å²) in [6.07, 6.45) is -0.0810. The van der Waals surface area contributed by atoms with Gasteiger partial charge in [0, 0.05) is 24.3 Å². The van der Waals surface area contributed by atoms with Crippen LogP contribution in [0.1, 0.15) is 16.8 Å². The summed E-state index contributed by atoms with van der Waals surface area (Å²) in [5, 5.41) is 22.2. The van der Waals surface area contributed by atoms with Gasteiger partial charge in [-0.2, -0.15) is 0 Å². The summed E-state index contributed by atoms with van der Waals surface area (Å²) in [5.74, 6) is -1.81. The maximum absolute atomic E-state index is 11.8. The van der Waals surface area contributed by atoms with Crippen molar-refractivity contribution in [2.24, 2.45) is 5.73 Å². The Bertz CT molecular complexity index is 500. The van der Waals surface area contributed by atoms with E-state index in [1.54, 1.807) is 0 Å². The second-order valence-electron chi connectivity index (χ2n) is 3.94. The number of rotatable bonds is 6. The molecule has 3 amide bonds. The van der Waals surface area contributed by atoms with E-state index < -0.39 is 23.9 Å². The summed E-state index contributed by atoms with van der Waals surface area (Å²) in [6, 6.07) is 3.87. The molecule has 8 nitrogen and oxygen atoms in total. The van der Waals surface area contributed by atoms with Crippen molar-refractivity contribution in [3.05, 3.63) is 29.8 Å². The molecule has 1 rings (SSSR count). The number of carbonyl (C=O) groups is 3. The molecular weight excluding hydrogens is 266 g/mol. The number of carbonyl (C=O) groups excluding carboxylic acids is 2. The number of benzene rings is 1. The monoisotopic (exact) mass is 281 g/mol. The Morgan fingerprint density at radius 1 is 1.20 bits per heavy atom. The number of carboxylic acid groups (broad SMARTS) is 1. The van der Waals surface area contributed by atoms with Gasteiger partial charge in [-0.05, 0) is 24.3 Å². The van der Waals surface area contributed by atoms with E-state index in [4.69, 9.17) is 15.9 Å². The van der Waals surface area contributed by atoms with E-state index in [1.165, 1.54) is 24.3 Å². The van der Waals surface area contributed by atoms with Gasteiger partial charge < -0.3 is 26.6 Å². The molecular formula is C12H15N3O5. The first kappa shape index (κ1) is 15.4. The highest BCUT2D eigenvalue weighted by molar-refractivity contribution is 5.97. The number of aliphatic hydroxyl groups excluding tert-OH is 1. The van der Waals surface area contributed by atoms with E-state index in [1.807, 2.05) is 0 Å². The molecule has 108 valence electrons. The summed E-state index contributed by atoms with van der Waals surface area (Å²) < 4.78 is 0. The average molecular weight is 281 g/mol. The fraction of sp³-hybridized carbons (Fsp3) is 0.250. The van der Waals surface area contributed by atoms with Crippen molar-refractivity contribution in [1.29, 1.82) is 0 Å². The Labute approximate surface area is 114 Å². The molecule has 1 atom stereocenters. The summed E-state index contributed by atoms with van der Waals surface area (Å²) in [4.78, 5) is 33.3. The fourth-order valence-electron chi connectivity index (χ4n) is 1.48. The van der Waals surface area contributed by atoms with Gasteiger partial charge in [0.25, 0.3) is 5.91 Å². The topological polar surface area (TPSA) is 142 Å². The molecule has 20 heavy (non-hydrogen) atoms. The molecule has 1 aromatic rings. The molecule has 0 aliphatic heterocycles. The van der Waals surface area contributed by atoms with Gasteiger partial charge in [-0.15, -0.1) is 0 Å². The van der Waals surface area contributed by atoms with Crippen molar-refractivity contribution in [2.75, 3.05) is 11.9 Å². The van der Waals surface area contributed by atoms with Crippen LogP contribution >= 0.6 is 0 Å². The maximum Gasteiger partial charge on any atom is 0.326 e. The molecule has 6 N–H and O–H groups in total. The van der Waals surface area contributed by atoms with E-state index in [0.717, 1.165) is 0 Å². The lowest BCUT2D eigenvalue weighted by Gasteiger charge is -2.13. The molecule has 0 aliphatic rings. The minimum absolute atomic E-state index is 0.0810. The van der Waals surface area contributed by atoms with Crippen LogP contribution in [-0.2, 0) is 4.79 Å². The minimum Gasteiger partial charge on any atom is -0.480 e. The SMILES string of the molecule is NC(=O)Nc1ccc(C(=O)NC(CCO)C(=O)O)cc1. The molecule has 0 bridgehead atoms. The number of amides is 3. The first-order valence-corrected chi connectivity index (χ1v) is 5.75. The molecule has 0 radical (unpaired) electrons. The molecule has 0 fully saturated rings. The Morgan fingerprint density at radius 3 is 2.25 bits per heavy atom. The number of anilines is 1. The van der Waals surface area contributed by atoms with Gasteiger partial charge in [0.2, 0.25) is 0 Å². The first-order valence-electron chi connectivity index (χ1n) is 5.75. The predicted octanol–water partition coefficient (Wildman–Crippen LogP) is -0.257. The van der Waals surface area contributed by atoms with Crippen molar-refractivity contribution in [2.45, 2.75) is 12.5 Å². The second-order valence-corrected chi connectivity index (χ2v) is 3.94. The number of nitrogens with one attached hydrogen (secondary N) is 2. The van der Waals surface area contributed by atoms with Gasteiger partial charge in [-0.1, -0.05) is 0 Å². The lowest BCUT2D eigenvalue weighted by Crippen LogP contribution is -2.41. The zero-order valence-electron chi connectivity index (χ0n) is 10.5. The zero-order valence-corrected chi connectivity index (χ0v) is 10.5. The average Bonchev–Trinajstić information content (AvgIpc) is 2.38. The molecule has 0 saturated carbocycles. The minimum atomic E-state index is -1.22. The largest absolute Gasteiger partial charge is 0.480 e. The van der Waals surface area contributed by atoms with Crippen molar-refractivity contribution >= 4 is 23.6 Å². The highest BCUT2D eigenvalue weighted by Gasteiger charge is 2.19. The number of hydrogen-bond donors (Lipinski definition) is 5. The van der Waals surface area contributed by atoms with E-state index in [9.17, 15) is 14.4 Å². The van der Waals surface area contributed by atoms with Gasteiger partial charge in [0.1, 0.15) is 6.04 Å². The number of primary amides is 1. The molecule has 8 heteroatoms. The van der Waals surface area contributed by atoms with E-state index in [-0.39, 0.29) is 18.6 Å². The van der Waals surface area contributed by atoms with E-state index in [2.05, 4.69) is 10.6 Å². The van der Waals surface area contributed by atoms with Crippen molar-refractivity contribution in [3.8, 4) is 0 Å². The number of nitrogens with two attached hydrogens (primary N) is 1. The van der Waals surface area contributed by atoms with Gasteiger partial charge in [0.15, 0.2) is 0 Å². The highest BCUT2D eigenvalue weighted by Crippen LogP contribution is 2.09. The van der Waals surface area contributed by atoms with Crippen LogP contribution in [0.4, 0.5) is 10.5 Å². The molecule has 0 saturated heterocycles. The number of carboxylic acids is 1. The van der Waals surface area contributed by atoms with Crippen molar-refractivity contribution in [1.82, 2.24) is 5.32 Å². The van der Waals surface area contributed by atoms with E-state index >= 15 is 0 Å². The Balaban J connectivity index is 2.71. The smallest absolute Gasteiger partial charge is 0.326 e. The number of aliphatic carboxylic acids is 1. The predicted molar refractivity (Wildman–Crippen MR) is 70.2 cm³/mol. The van der Waals surface area contributed by atoms with Gasteiger partial charge >= 0.3 is 12.0 Å². The summed E-state index contributed by atoms with van der Waals surface area (Å²) in [7, 11) is 0. The molecule has 1 unspecified atom stereocenters. The van der Waals surface area contributed by atoms with Crippen LogP contribution in [0.15, 0.2) is 24.3 Å². The van der Waals surface area contributed by atoms with Crippen LogP contribution in [0, 0.1) is 0 Å². The lowest BCUT2D eigenvalue weighted by molar-refractivity contribution is -0.139. The van der Waals surface area contributed by atoms with Crippen LogP contribution in [0.2, 0.25) is 0 Å². The Kier molecular flexibility index (Phi) is 5.48. The third kappa shape index (κ3) is 4.58. The van der Waals surface area contributed by atoms with Gasteiger partial charge in [0.05, 0.1) is 0 Å². The molecule has 0 aliphatic carbocycles. The lowest BCUT2D eigenvalue weighted by atomic mass is 10.1. The molecule has 0 spiro atoms. The molecule has 0 heterocycles. The highest BCUT2D eigenvalue weighted by atomic mass is 16.4. The normalized spacial score (nSPS) is 11.4. The second kappa shape index (κ2) is 7.10. The van der Waals surface area contributed by atoms with E-state index in [0.29, 0.717) is 5.69 Å². The Morgan fingerprint density at radius 2 is 1.80 bits per heavy atom. The van der Waals surface area contributed by atoms with Crippen molar-refractivity contribution < 1.29 is 24.6 Å².